The number of anilines is 1. The van der Waals surface area contributed by atoms with Gasteiger partial charge in [0.1, 0.15) is 10.8 Å². The molecular formula is C21H25NO6S. The molecule has 0 atom stereocenters. The molecule has 7 nitrogen and oxygen atoms in total. The Kier molecular flexibility index (Phi) is 8.67. The molecule has 2 rings (SSSR count). The number of hydrogen-bond acceptors (Lipinski definition) is 7. The topological polar surface area (TPSA) is 90.9 Å². The Morgan fingerprint density at radius 1 is 1.10 bits per heavy atom. The molecule has 1 aromatic heterocycles. The van der Waals surface area contributed by atoms with E-state index in [1.54, 1.807) is 20.1 Å². The Morgan fingerprint density at radius 3 is 2.55 bits per heavy atom. The van der Waals surface area contributed by atoms with Crippen LogP contribution in [0, 0.1) is 0 Å². The van der Waals surface area contributed by atoms with Crippen molar-refractivity contribution >= 4 is 34.2 Å². The van der Waals surface area contributed by atoms with Gasteiger partial charge in [-0.2, -0.15) is 0 Å². The second-order valence-corrected chi connectivity index (χ2v) is 7.19. The van der Waals surface area contributed by atoms with Crippen LogP contribution in [0.15, 0.2) is 30.3 Å². The number of amides is 1. The summed E-state index contributed by atoms with van der Waals surface area (Å²) in [4.78, 5) is 37.1. The lowest BCUT2D eigenvalue weighted by molar-refractivity contribution is -0.147. The van der Waals surface area contributed by atoms with Crippen molar-refractivity contribution in [3.8, 4) is 5.75 Å². The number of methoxy groups -OCH3 is 1. The summed E-state index contributed by atoms with van der Waals surface area (Å²) < 4.78 is 15.3. The summed E-state index contributed by atoms with van der Waals surface area (Å²) >= 11 is 1.30. The fraction of sp³-hybridized carbons (Fsp3) is 0.381. The first-order chi connectivity index (χ1) is 14.0. The minimum absolute atomic E-state index is 0.126. The monoisotopic (exact) mass is 419 g/mol. The van der Waals surface area contributed by atoms with Crippen LogP contribution in [0.1, 0.15) is 41.1 Å². The number of para-hydroxylation sites is 1. The molecule has 29 heavy (non-hydrogen) atoms. The number of thiophene rings is 1. The first kappa shape index (κ1) is 22.4. The molecule has 0 saturated heterocycles. The highest BCUT2D eigenvalue weighted by Gasteiger charge is 2.19. The fourth-order valence-corrected chi connectivity index (χ4v) is 3.60. The Bertz CT molecular complexity index is 861. The van der Waals surface area contributed by atoms with Crippen LogP contribution in [0.5, 0.6) is 5.75 Å². The van der Waals surface area contributed by atoms with Gasteiger partial charge >= 0.3 is 11.9 Å². The van der Waals surface area contributed by atoms with Crippen LogP contribution in [0.3, 0.4) is 0 Å². The number of benzene rings is 1. The summed E-state index contributed by atoms with van der Waals surface area (Å²) in [5.41, 5.74) is 1.20. The second-order valence-electron chi connectivity index (χ2n) is 6.05. The lowest BCUT2D eigenvalue weighted by atomic mass is 10.1. The Balaban J connectivity index is 1.87. The highest BCUT2D eigenvalue weighted by atomic mass is 32.1. The predicted molar refractivity (Wildman–Crippen MR) is 111 cm³/mol. The van der Waals surface area contributed by atoms with E-state index < -0.39 is 24.5 Å². The summed E-state index contributed by atoms with van der Waals surface area (Å²) in [7, 11) is 1.57. The molecule has 156 valence electrons. The maximum absolute atomic E-state index is 12.2. The van der Waals surface area contributed by atoms with Crippen LogP contribution in [-0.2, 0) is 31.9 Å². The smallest absolute Gasteiger partial charge is 0.341 e. The van der Waals surface area contributed by atoms with E-state index in [4.69, 9.17) is 14.2 Å². The molecule has 0 aliphatic rings. The molecule has 0 fully saturated rings. The third-order valence-corrected chi connectivity index (χ3v) is 5.23. The van der Waals surface area contributed by atoms with Gasteiger partial charge in [-0.15, -0.1) is 11.3 Å². The van der Waals surface area contributed by atoms with E-state index in [1.807, 2.05) is 31.2 Å². The number of hydrogen-bond donors (Lipinski definition) is 1. The van der Waals surface area contributed by atoms with Gasteiger partial charge < -0.3 is 19.5 Å². The van der Waals surface area contributed by atoms with E-state index in [-0.39, 0.29) is 13.0 Å². The largest absolute Gasteiger partial charge is 0.496 e. The molecule has 1 N–H and O–H groups in total. The van der Waals surface area contributed by atoms with Crippen molar-refractivity contribution in [2.45, 2.75) is 33.1 Å². The van der Waals surface area contributed by atoms with Crippen molar-refractivity contribution in [2.24, 2.45) is 0 Å². The minimum Gasteiger partial charge on any atom is -0.496 e. The molecule has 0 bridgehead atoms. The Morgan fingerprint density at radius 2 is 1.86 bits per heavy atom. The first-order valence-corrected chi connectivity index (χ1v) is 10.2. The molecule has 1 aromatic carbocycles. The average Bonchev–Trinajstić information content (AvgIpc) is 3.14. The summed E-state index contributed by atoms with van der Waals surface area (Å²) in [6, 6.07) is 9.11. The zero-order chi connectivity index (χ0) is 21.2. The van der Waals surface area contributed by atoms with Crippen LogP contribution < -0.4 is 10.1 Å². The van der Waals surface area contributed by atoms with Crippen molar-refractivity contribution in [2.75, 3.05) is 25.6 Å². The third-order valence-electron chi connectivity index (χ3n) is 4.04. The standard InChI is InChI=1S/C21H25NO6S/c1-4-15-12-16(21(25)27-5-2)20(29-15)22-18(23)13-28-19(24)11-10-14-8-6-7-9-17(14)26-3/h6-9,12H,4-5,10-11,13H2,1-3H3,(H,22,23). The molecule has 1 heterocycles. The number of carbonyl (C=O) groups is 3. The van der Waals surface area contributed by atoms with Gasteiger partial charge in [0.15, 0.2) is 6.61 Å². The summed E-state index contributed by atoms with van der Waals surface area (Å²) in [6.45, 7) is 3.49. The van der Waals surface area contributed by atoms with Gasteiger partial charge in [0, 0.05) is 11.3 Å². The van der Waals surface area contributed by atoms with Crippen LogP contribution >= 0.6 is 11.3 Å². The number of aryl methyl sites for hydroxylation is 2. The van der Waals surface area contributed by atoms with Crippen LogP contribution in [0.2, 0.25) is 0 Å². The molecule has 0 spiro atoms. The number of carbonyl (C=O) groups excluding carboxylic acids is 3. The van der Waals surface area contributed by atoms with Crippen molar-refractivity contribution in [1.82, 2.24) is 0 Å². The fourth-order valence-electron chi connectivity index (χ4n) is 2.60. The van der Waals surface area contributed by atoms with Crippen LogP contribution in [0.4, 0.5) is 5.00 Å². The van der Waals surface area contributed by atoms with Gasteiger partial charge in [-0.05, 0) is 37.5 Å². The Hall–Kier alpha value is -2.87. The van der Waals surface area contributed by atoms with Crippen molar-refractivity contribution in [3.63, 3.8) is 0 Å². The average molecular weight is 419 g/mol. The lowest BCUT2D eigenvalue weighted by Gasteiger charge is -2.09. The highest BCUT2D eigenvalue weighted by Crippen LogP contribution is 2.29. The number of rotatable bonds is 10. The van der Waals surface area contributed by atoms with Crippen molar-refractivity contribution in [3.05, 3.63) is 46.3 Å². The Labute approximate surface area is 174 Å². The molecule has 8 heteroatoms. The first-order valence-electron chi connectivity index (χ1n) is 9.35. The lowest BCUT2D eigenvalue weighted by Crippen LogP contribution is -2.21. The summed E-state index contributed by atoms with van der Waals surface area (Å²) in [5, 5.41) is 3.03. The van der Waals surface area contributed by atoms with Gasteiger partial charge in [-0.3, -0.25) is 9.59 Å². The van der Waals surface area contributed by atoms with Gasteiger partial charge in [-0.25, -0.2) is 4.79 Å². The zero-order valence-electron chi connectivity index (χ0n) is 16.8. The molecular weight excluding hydrogens is 394 g/mol. The number of nitrogens with one attached hydrogen (secondary N) is 1. The minimum atomic E-state index is -0.509. The highest BCUT2D eigenvalue weighted by molar-refractivity contribution is 7.16. The van der Waals surface area contributed by atoms with Gasteiger partial charge in [0.05, 0.1) is 19.3 Å². The summed E-state index contributed by atoms with van der Waals surface area (Å²) in [6.07, 6.45) is 1.30. The third kappa shape index (κ3) is 6.60. The van der Waals surface area contributed by atoms with Crippen molar-refractivity contribution in [1.29, 1.82) is 0 Å². The van der Waals surface area contributed by atoms with Gasteiger partial charge in [-0.1, -0.05) is 25.1 Å². The van der Waals surface area contributed by atoms with E-state index in [1.165, 1.54) is 11.3 Å². The van der Waals surface area contributed by atoms with E-state index in [0.717, 1.165) is 16.9 Å². The van der Waals surface area contributed by atoms with Gasteiger partial charge in [0.25, 0.3) is 5.91 Å². The predicted octanol–water partition coefficient (Wildman–Crippen LogP) is 3.61. The van der Waals surface area contributed by atoms with E-state index in [9.17, 15) is 14.4 Å². The molecule has 2 aromatic rings. The molecule has 0 radical (unpaired) electrons. The van der Waals surface area contributed by atoms with E-state index >= 15 is 0 Å². The zero-order valence-corrected chi connectivity index (χ0v) is 17.6. The van der Waals surface area contributed by atoms with Gasteiger partial charge in [0.2, 0.25) is 0 Å². The second kappa shape index (κ2) is 11.2. The number of esters is 2. The molecule has 0 aliphatic carbocycles. The van der Waals surface area contributed by atoms with Crippen LogP contribution in [0.25, 0.3) is 0 Å². The SMILES string of the molecule is CCOC(=O)c1cc(CC)sc1NC(=O)COC(=O)CCc1ccccc1OC. The normalized spacial score (nSPS) is 10.3. The van der Waals surface area contributed by atoms with E-state index in [0.29, 0.717) is 22.7 Å². The number of ether oxygens (including phenoxy) is 3. The maximum Gasteiger partial charge on any atom is 0.341 e. The molecule has 0 saturated carbocycles. The molecule has 1 amide bonds. The molecule has 0 aliphatic heterocycles. The van der Waals surface area contributed by atoms with Crippen LogP contribution in [-0.4, -0.2) is 38.2 Å². The van der Waals surface area contributed by atoms with Crippen molar-refractivity contribution < 1.29 is 28.6 Å². The quantitative estimate of drug-likeness (QED) is 0.592. The maximum atomic E-state index is 12.2. The van der Waals surface area contributed by atoms with E-state index in [2.05, 4.69) is 5.32 Å². The molecule has 0 unspecified atom stereocenters. The summed E-state index contributed by atoms with van der Waals surface area (Å²) in [5.74, 6) is -0.788.